The van der Waals surface area contributed by atoms with Crippen molar-refractivity contribution in [3.8, 4) is 0 Å². The molecule has 1 fully saturated rings. The zero-order chi connectivity index (χ0) is 12.0. The Morgan fingerprint density at radius 2 is 1.69 bits per heavy atom. The Bertz CT molecular complexity index is 175. The molecule has 0 aromatic heterocycles. The summed E-state index contributed by atoms with van der Waals surface area (Å²) < 4.78 is 0. The Kier molecular flexibility index (Phi) is 5.77. The van der Waals surface area contributed by atoms with E-state index >= 15 is 0 Å². The number of rotatable bonds is 7. The molecule has 1 saturated carbocycles. The normalized spacial score (nSPS) is 18.6. The second-order valence-corrected chi connectivity index (χ2v) is 5.37. The molecule has 0 unspecified atom stereocenters. The maximum absolute atomic E-state index is 9.64. The van der Waals surface area contributed by atoms with Crippen molar-refractivity contribution in [2.24, 2.45) is 5.41 Å². The van der Waals surface area contributed by atoms with Crippen LogP contribution in [-0.2, 0) is 0 Å². The number of aliphatic hydroxyl groups is 1. The van der Waals surface area contributed by atoms with Gasteiger partial charge in [-0.15, -0.1) is 0 Å². The number of aliphatic hydroxyl groups excluding tert-OH is 1. The van der Waals surface area contributed by atoms with E-state index in [1.54, 1.807) is 0 Å². The van der Waals surface area contributed by atoms with Crippen LogP contribution in [0.3, 0.4) is 0 Å². The maximum Gasteiger partial charge on any atom is 0.0499 e. The summed E-state index contributed by atoms with van der Waals surface area (Å²) in [5, 5.41) is 9.64. The van der Waals surface area contributed by atoms with Crippen LogP contribution in [0.25, 0.3) is 0 Å². The average molecular weight is 227 g/mol. The highest BCUT2D eigenvalue weighted by Gasteiger charge is 2.31. The van der Waals surface area contributed by atoms with Crippen LogP contribution >= 0.6 is 0 Å². The van der Waals surface area contributed by atoms with E-state index in [1.807, 2.05) is 0 Å². The van der Waals surface area contributed by atoms with Crippen LogP contribution in [0.4, 0.5) is 0 Å². The molecule has 0 bridgehead atoms. The zero-order valence-electron chi connectivity index (χ0n) is 11.3. The SMILES string of the molecule is CCN(CC(CC)(CC)CO)C1CCCC1. The van der Waals surface area contributed by atoms with E-state index < -0.39 is 0 Å². The monoisotopic (exact) mass is 227 g/mol. The summed E-state index contributed by atoms with van der Waals surface area (Å²) in [4.78, 5) is 2.61. The van der Waals surface area contributed by atoms with Crippen molar-refractivity contribution < 1.29 is 5.11 Å². The van der Waals surface area contributed by atoms with Crippen molar-refractivity contribution in [1.29, 1.82) is 0 Å². The summed E-state index contributed by atoms with van der Waals surface area (Å²) in [7, 11) is 0. The van der Waals surface area contributed by atoms with Gasteiger partial charge in [0.15, 0.2) is 0 Å². The molecule has 96 valence electrons. The van der Waals surface area contributed by atoms with Crippen molar-refractivity contribution >= 4 is 0 Å². The summed E-state index contributed by atoms with van der Waals surface area (Å²) in [5.41, 5.74) is 0.137. The lowest BCUT2D eigenvalue weighted by Gasteiger charge is -2.38. The van der Waals surface area contributed by atoms with Gasteiger partial charge in [-0.05, 0) is 32.2 Å². The molecular formula is C14H29NO. The topological polar surface area (TPSA) is 23.5 Å². The van der Waals surface area contributed by atoms with Gasteiger partial charge >= 0.3 is 0 Å². The Labute approximate surface area is 101 Å². The molecule has 1 aliphatic carbocycles. The molecule has 2 heteroatoms. The van der Waals surface area contributed by atoms with Crippen molar-refractivity contribution in [2.45, 2.75) is 65.3 Å². The highest BCUT2D eigenvalue weighted by atomic mass is 16.3. The first-order chi connectivity index (χ1) is 7.71. The van der Waals surface area contributed by atoms with E-state index in [4.69, 9.17) is 0 Å². The fourth-order valence-corrected chi connectivity index (χ4v) is 2.95. The third-order valence-electron chi connectivity index (χ3n) is 4.62. The van der Waals surface area contributed by atoms with Gasteiger partial charge in [-0.2, -0.15) is 0 Å². The quantitative estimate of drug-likeness (QED) is 0.722. The van der Waals surface area contributed by atoms with Gasteiger partial charge in [0.1, 0.15) is 0 Å². The zero-order valence-corrected chi connectivity index (χ0v) is 11.3. The molecule has 0 saturated heterocycles. The molecule has 0 aromatic rings. The van der Waals surface area contributed by atoms with E-state index in [-0.39, 0.29) is 5.41 Å². The third kappa shape index (κ3) is 3.21. The third-order valence-corrected chi connectivity index (χ3v) is 4.62. The molecule has 16 heavy (non-hydrogen) atoms. The molecule has 1 rings (SSSR count). The van der Waals surface area contributed by atoms with E-state index in [2.05, 4.69) is 25.7 Å². The first-order valence-corrected chi connectivity index (χ1v) is 7.06. The Morgan fingerprint density at radius 3 is 2.06 bits per heavy atom. The first-order valence-electron chi connectivity index (χ1n) is 7.06. The standard InChI is InChI=1S/C14H29NO/c1-4-14(5-2,12-16)11-15(6-3)13-9-7-8-10-13/h13,16H,4-12H2,1-3H3. The largest absolute Gasteiger partial charge is 0.396 e. The van der Waals surface area contributed by atoms with Crippen molar-refractivity contribution in [1.82, 2.24) is 4.90 Å². The van der Waals surface area contributed by atoms with Gasteiger partial charge in [-0.25, -0.2) is 0 Å². The summed E-state index contributed by atoms with van der Waals surface area (Å²) in [6.07, 6.45) is 7.69. The van der Waals surface area contributed by atoms with Crippen LogP contribution in [-0.4, -0.2) is 35.7 Å². The second kappa shape index (κ2) is 6.61. The molecule has 0 aromatic carbocycles. The minimum atomic E-state index is 0.137. The van der Waals surface area contributed by atoms with Gasteiger partial charge < -0.3 is 10.0 Å². The Balaban J connectivity index is 2.58. The highest BCUT2D eigenvalue weighted by molar-refractivity contribution is 4.84. The van der Waals surface area contributed by atoms with Gasteiger partial charge in [-0.3, -0.25) is 0 Å². The predicted molar refractivity (Wildman–Crippen MR) is 69.6 cm³/mol. The lowest BCUT2D eigenvalue weighted by molar-refractivity contribution is 0.0502. The van der Waals surface area contributed by atoms with Crippen LogP contribution in [0.2, 0.25) is 0 Å². The number of hydrogen-bond acceptors (Lipinski definition) is 2. The van der Waals surface area contributed by atoms with Crippen molar-refractivity contribution in [3.05, 3.63) is 0 Å². The molecule has 0 radical (unpaired) electrons. The first kappa shape index (κ1) is 14.0. The van der Waals surface area contributed by atoms with Gasteiger partial charge in [0.25, 0.3) is 0 Å². The maximum atomic E-state index is 9.64. The number of nitrogens with zero attached hydrogens (tertiary/aromatic N) is 1. The van der Waals surface area contributed by atoms with E-state index in [0.29, 0.717) is 6.61 Å². The fraction of sp³-hybridized carbons (Fsp3) is 1.00. The van der Waals surface area contributed by atoms with Crippen LogP contribution in [0.1, 0.15) is 59.3 Å². The van der Waals surface area contributed by atoms with E-state index in [0.717, 1.165) is 32.0 Å². The fourth-order valence-electron chi connectivity index (χ4n) is 2.95. The summed E-state index contributed by atoms with van der Waals surface area (Å²) in [6.45, 7) is 9.23. The Morgan fingerprint density at radius 1 is 1.12 bits per heavy atom. The molecule has 0 aliphatic heterocycles. The predicted octanol–water partition coefficient (Wildman–Crippen LogP) is 3.05. The number of hydrogen-bond donors (Lipinski definition) is 1. The van der Waals surface area contributed by atoms with Gasteiger partial charge in [-0.1, -0.05) is 33.6 Å². The molecule has 0 heterocycles. The van der Waals surface area contributed by atoms with Crippen LogP contribution in [0, 0.1) is 5.41 Å². The molecule has 2 nitrogen and oxygen atoms in total. The van der Waals surface area contributed by atoms with E-state index in [9.17, 15) is 5.11 Å². The molecular weight excluding hydrogens is 198 g/mol. The highest BCUT2D eigenvalue weighted by Crippen LogP contribution is 2.31. The molecule has 0 spiro atoms. The summed E-state index contributed by atoms with van der Waals surface area (Å²) in [5.74, 6) is 0. The van der Waals surface area contributed by atoms with Gasteiger partial charge in [0.2, 0.25) is 0 Å². The van der Waals surface area contributed by atoms with Gasteiger partial charge in [0.05, 0.1) is 0 Å². The minimum absolute atomic E-state index is 0.137. The lowest BCUT2D eigenvalue weighted by atomic mass is 9.82. The summed E-state index contributed by atoms with van der Waals surface area (Å²) >= 11 is 0. The van der Waals surface area contributed by atoms with Crippen LogP contribution < -0.4 is 0 Å². The minimum Gasteiger partial charge on any atom is -0.396 e. The Hall–Kier alpha value is -0.0800. The van der Waals surface area contributed by atoms with Gasteiger partial charge in [0, 0.05) is 24.6 Å². The van der Waals surface area contributed by atoms with Crippen LogP contribution in [0.5, 0.6) is 0 Å². The van der Waals surface area contributed by atoms with E-state index in [1.165, 1.54) is 25.7 Å². The van der Waals surface area contributed by atoms with Crippen LogP contribution in [0.15, 0.2) is 0 Å². The molecule has 1 aliphatic rings. The molecule has 0 atom stereocenters. The smallest absolute Gasteiger partial charge is 0.0499 e. The average Bonchev–Trinajstić information content (AvgIpc) is 2.85. The molecule has 0 amide bonds. The second-order valence-electron chi connectivity index (χ2n) is 5.37. The van der Waals surface area contributed by atoms with Crippen molar-refractivity contribution in [2.75, 3.05) is 19.7 Å². The van der Waals surface area contributed by atoms with Crippen molar-refractivity contribution in [3.63, 3.8) is 0 Å². The lowest BCUT2D eigenvalue weighted by Crippen LogP contribution is -2.43. The molecule has 1 N–H and O–H groups in total. The summed E-state index contributed by atoms with van der Waals surface area (Å²) in [6, 6.07) is 0.786.